The number of rotatable bonds is 12. The standard InChI is InChI=1S/C31H38ClN3O4S/c1-6-18-33-31(37)28(7-2)34(20-25-13-8-22(3)9-14-25)30(36)21-35(29-19-26(32)15-12-24(29)5)40(38,39)27-16-10-23(4)11-17-27/h8-17,19,28H,6-7,18,20-21H2,1-5H3,(H,33,37). The molecule has 1 unspecified atom stereocenters. The Labute approximate surface area is 243 Å². The number of hydrogen-bond acceptors (Lipinski definition) is 4. The molecular formula is C31H38ClN3O4S. The van der Waals surface area contributed by atoms with Crippen LogP contribution in [0.4, 0.5) is 5.69 Å². The summed E-state index contributed by atoms with van der Waals surface area (Å²) in [6, 6.07) is 18.4. The van der Waals surface area contributed by atoms with E-state index in [0.717, 1.165) is 27.4 Å². The van der Waals surface area contributed by atoms with Gasteiger partial charge in [0.15, 0.2) is 0 Å². The summed E-state index contributed by atoms with van der Waals surface area (Å²) in [4.78, 5) is 28.8. The number of hydrogen-bond donors (Lipinski definition) is 1. The third-order valence-electron chi connectivity index (χ3n) is 6.74. The van der Waals surface area contributed by atoms with Crippen molar-refractivity contribution in [2.45, 2.75) is 64.9 Å². The Bertz CT molecular complexity index is 1420. The van der Waals surface area contributed by atoms with Gasteiger partial charge in [-0.05, 0) is 69.0 Å². The summed E-state index contributed by atoms with van der Waals surface area (Å²) < 4.78 is 29.1. The van der Waals surface area contributed by atoms with Crippen molar-refractivity contribution in [3.63, 3.8) is 0 Å². The first-order valence-corrected chi connectivity index (χ1v) is 15.3. The van der Waals surface area contributed by atoms with Crippen molar-refractivity contribution in [1.82, 2.24) is 10.2 Å². The zero-order chi connectivity index (χ0) is 29.4. The van der Waals surface area contributed by atoms with Crippen LogP contribution in [0.3, 0.4) is 0 Å². The van der Waals surface area contributed by atoms with Crippen molar-refractivity contribution in [3.05, 3.63) is 94.0 Å². The van der Waals surface area contributed by atoms with Crippen molar-refractivity contribution in [3.8, 4) is 0 Å². The molecule has 0 bridgehead atoms. The van der Waals surface area contributed by atoms with E-state index in [1.165, 1.54) is 17.0 Å². The van der Waals surface area contributed by atoms with E-state index in [0.29, 0.717) is 29.2 Å². The Hall–Kier alpha value is -3.36. The lowest BCUT2D eigenvalue weighted by Crippen LogP contribution is -2.52. The summed E-state index contributed by atoms with van der Waals surface area (Å²) in [6.07, 6.45) is 1.12. The zero-order valence-corrected chi connectivity index (χ0v) is 25.3. The SMILES string of the molecule is CCCNC(=O)C(CC)N(Cc1ccc(C)cc1)C(=O)CN(c1cc(Cl)ccc1C)S(=O)(=O)c1ccc(C)cc1. The predicted molar refractivity (Wildman–Crippen MR) is 161 cm³/mol. The highest BCUT2D eigenvalue weighted by Gasteiger charge is 2.34. The van der Waals surface area contributed by atoms with Gasteiger partial charge >= 0.3 is 0 Å². The van der Waals surface area contributed by atoms with Crippen molar-refractivity contribution in [1.29, 1.82) is 0 Å². The molecular weight excluding hydrogens is 546 g/mol. The molecule has 0 aliphatic heterocycles. The second kappa shape index (κ2) is 13.8. The molecule has 0 saturated carbocycles. The van der Waals surface area contributed by atoms with Crippen LogP contribution in [-0.2, 0) is 26.2 Å². The molecule has 3 aromatic rings. The van der Waals surface area contributed by atoms with Gasteiger partial charge in [-0.25, -0.2) is 8.42 Å². The summed E-state index contributed by atoms with van der Waals surface area (Å²) in [5.74, 6) is -0.758. The number of anilines is 1. The molecule has 0 radical (unpaired) electrons. The van der Waals surface area contributed by atoms with E-state index in [1.54, 1.807) is 37.3 Å². The molecule has 2 amide bonds. The molecule has 9 heteroatoms. The Balaban J connectivity index is 2.09. The van der Waals surface area contributed by atoms with Gasteiger partial charge in [0, 0.05) is 18.1 Å². The second-order valence-electron chi connectivity index (χ2n) is 9.98. The lowest BCUT2D eigenvalue weighted by atomic mass is 10.1. The maximum atomic E-state index is 14.1. The van der Waals surface area contributed by atoms with Gasteiger partial charge in [0.25, 0.3) is 10.0 Å². The van der Waals surface area contributed by atoms with Crippen LogP contribution in [0.15, 0.2) is 71.6 Å². The Morgan fingerprint density at radius 1 is 0.900 bits per heavy atom. The number of carbonyl (C=O) groups excluding carboxylic acids is 2. The van der Waals surface area contributed by atoms with Crippen molar-refractivity contribution in [2.24, 2.45) is 0 Å². The number of nitrogens with zero attached hydrogens (tertiary/aromatic N) is 2. The quantitative estimate of drug-likeness (QED) is 0.292. The number of sulfonamides is 1. The van der Waals surface area contributed by atoms with Crippen LogP contribution in [0, 0.1) is 20.8 Å². The maximum Gasteiger partial charge on any atom is 0.264 e. The highest BCUT2D eigenvalue weighted by molar-refractivity contribution is 7.92. The van der Waals surface area contributed by atoms with E-state index in [2.05, 4.69) is 5.32 Å². The fourth-order valence-corrected chi connectivity index (χ4v) is 6.01. The molecule has 1 N–H and O–H groups in total. The first kappa shape index (κ1) is 31.2. The van der Waals surface area contributed by atoms with Gasteiger partial charge in [-0.3, -0.25) is 13.9 Å². The predicted octanol–water partition coefficient (Wildman–Crippen LogP) is 5.79. The van der Waals surface area contributed by atoms with Crippen molar-refractivity contribution < 1.29 is 18.0 Å². The summed E-state index contributed by atoms with van der Waals surface area (Å²) in [7, 11) is -4.16. The van der Waals surface area contributed by atoms with Crippen LogP contribution in [-0.4, -0.2) is 44.3 Å². The monoisotopic (exact) mass is 583 g/mol. The number of nitrogens with one attached hydrogen (secondary N) is 1. The van der Waals surface area contributed by atoms with Gasteiger partial charge < -0.3 is 10.2 Å². The van der Waals surface area contributed by atoms with Crippen LogP contribution in [0.5, 0.6) is 0 Å². The zero-order valence-electron chi connectivity index (χ0n) is 23.8. The van der Waals surface area contributed by atoms with Gasteiger partial charge in [-0.15, -0.1) is 0 Å². The molecule has 0 aliphatic carbocycles. The first-order valence-electron chi connectivity index (χ1n) is 13.5. The van der Waals surface area contributed by atoms with Crippen LogP contribution < -0.4 is 9.62 Å². The Kier molecular flexibility index (Phi) is 10.8. The number of aryl methyl sites for hydroxylation is 3. The van der Waals surface area contributed by atoms with E-state index in [4.69, 9.17) is 11.6 Å². The van der Waals surface area contributed by atoms with Gasteiger partial charge in [0.1, 0.15) is 12.6 Å². The Morgan fingerprint density at radius 2 is 1.50 bits per heavy atom. The third kappa shape index (κ3) is 7.64. The summed E-state index contributed by atoms with van der Waals surface area (Å²) in [5, 5.41) is 3.24. The van der Waals surface area contributed by atoms with E-state index >= 15 is 0 Å². The highest BCUT2D eigenvalue weighted by atomic mass is 35.5. The van der Waals surface area contributed by atoms with Crippen LogP contribution in [0.25, 0.3) is 0 Å². The van der Waals surface area contributed by atoms with Gasteiger partial charge in [-0.1, -0.05) is 79.0 Å². The molecule has 0 aromatic heterocycles. The fourth-order valence-electron chi connectivity index (χ4n) is 4.38. The first-order chi connectivity index (χ1) is 19.0. The summed E-state index contributed by atoms with van der Waals surface area (Å²) in [5.41, 5.74) is 3.77. The molecule has 1 atom stereocenters. The number of halogens is 1. The lowest BCUT2D eigenvalue weighted by Gasteiger charge is -2.33. The molecule has 0 aliphatic rings. The minimum Gasteiger partial charge on any atom is -0.354 e. The fraction of sp³-hybridized carbons (Fsp3) is 0.355. The molecule has 40 heavy (non-hydrogen) atoms. The van der Waals surface area contributed by atoms with E-state index in [9.17, 15) is 18.0 Å². The lowest BCUT2D eigenvalue weighted by molar-refractivity contribution is -0.140. The highest BCUT2D eigenvalue weighted by Crippen LogP contribution is 2.30. The number of benzene rings is 3. The molecule has 3 aromatic carbocycles. The molecule has 0 fully saturated rings. The smallest absolute Gasteiger partial charge is 0.264 e. The van der Waals surface area contributed by atoms with E-state index < -0.39 is 28.5 Å². The van der Waals surface area contributed by atoms with Crippen LogP contribution in [0.2, 0.25) is 5.02 Å². The topological polar surface area (TPSA) is 86.8 Å². The van der Waals surface area contributed by atoms with Crippen LogP contribution in [0.1, 0.15) is 48.9 Å². The molecule has 0 spiro atoms. The van der Waals surface area contributed by atoms with Gasteiger partial charge in [0.2, 0.25) is 11.8 Å². The summed E-state index contributed by atoms with van der Waals surface area (Å²) in [6.45, 7) is 9.55. The molecule has 0 heterocycles. The molecule has 214 valence electrons. The minimum absolute atomic E-state index is 0.0584. The largest absolute Gasteiger partial charge is 0.354 e. The second-order valence-corrected chi connectivity index (χ2v) is 12.3. The van der Waals surface area contributed by atoms with E-state index in [-0.39, 0.29) is 17.3 Å². The average molecular weight is 584 g/mol. The minimum atomic E-state index is -4.16. The molecule has 0 saturated heterocycles. The van der Waals surface area contributed by atoms with Crippen molar-refractivity contribution >= 4 is 39.1 Å². The van der Waals surface area contributed by atoms with Gasteiger partial charge in [0.05, 0.1) is 10.6 Å². The van der Waals surface area contributed by atoms with E-state index in [1.807, 2.05) is 52.0 Å². The maximum absolute atomic E-state index is 14.1. The summed E-state index contributed by atoms with van der Waals surface area (Å²) >= 11 is 6.29. The normalized spacial score (nSPS) is 12.1. The van der Waals surface area contributed by atoms with Crippen LogP contribution >= 0.6 is 11.6 Å². The Morgan fingerprint density at radius 3 is 2.08 bits per heavy atom. The third-order valence-corrected chi connectivity index (χ3v) is 8.75. The number of carbonyl (C=O) groups is 2. The van der Waals surface area contributed by atoms with Crippen molar-refractivity contribution in [2.75, 3.05) is 17.4 Å². The van der Waals surface area contributed by atoms with Gasteiger partial charge in [-0.2, -0.15) is 0 Å². The molecule has 7 nitrogen and oxygen atoms in total. The average Bonchev–Trinajstić information content (AvgIpc) is 2.93. The number of amides is 2. The molecule has 3 rings (SSSR count).